The number of aromatic nitrogens is 1. The molecule has 0 amide bonds. The SMILES string of the molecule is C[C@H](N)c1ccc(OCc2cccnc2C#N)cc1. The van der Waals surface area contributed by atoms with E-state index in [9.17, 15) is 0 Å². The number of nitrogens with two attached hydrogens (primary N) is 1. The average molecular weight is 253 g/mol. The van der Waals surface area contributed by atoms with Gasteiger partial charge < -0.3 is 10.5 Å². The number of nitriles is 1. The van der Waals surface area contributed by atoms with Gasteiger partial charge >= 0.3 is 0 Å². The summed E-state index contributed by atoms with van der Waals surface area (Å²) in [7, 11) is 0. The third-order valence-corrected chi connectivity index (χ3v) is 2.80. The van der Waals surface area contributed by atoms with Crippen LogP contribution in [0.1, 0.15) is 29.8 Å². The van der Waals surface area contributed by atoms with E-state index in [1.807, 2.05) is 43.3 Å². The molecule has 0 aliphatic carbocycles. The summed E-state index contributed by atoms with van der Waals surface area (Å²) >= 11 is 0. The van der Waals surface area contributed by atoms with Gasteiger partial charge in [-0.2, -0.15) is 5.26 Å². The van der Waals surface area contributed by atoms with Gasteiger partial charge in [0, 0.05) is 17.8 Å². The Hall–Kier alpha value is -2.38. The van der Waals surface area contributed by atoms with Crippen LogP contribution < -0.4 is 10.5 Å². The highest BCUT2D eigenvalue weighted by Crippen LogP contribution is 2.17. The first kappa shape index (κ1) is 13.1. The molecular weight excluding hydrogens is 238 g/mol. The van der Waals surface area contributed by atoms with Crippen molar-refractivity contribution in [3.8, 4) is 11.8 Å². The third kappa shape index (κ3) is 3.30. The zero-order valence-electron chi connectivity index (χ0n) is 10.7. The Morgan fingerprint density at radius 2 is 2.05 bits per heavy atom. The highest BCUT2D eigenvalue weighted by atomic mass is 16.5. The smallest absolute Gasteiger partial charge is 0.147 e. The number of rotatable bonds is 4. The molecule has 96 valence electrons. The molecule has 0 unspecified atom stereocenters. The lowest BCUT2D eigenvalue weighted by molar-refractivity contribution is 0.305. The van der Waals surface area contributed by atoms with E-state index in [4.69, 9.17) is 15.7 Å². The molecule has 0 bridgehead atoms. The van der Waals surface area contributed by atoms with Gasteiger partial charge in [-0.25, -0.2) is 4.98 Å². The largest absolute Gasteiger partial charge is 0.489 e. The summed E-state index contributed by atoms with van der Waals surface area (Å²) in [6, 6.07) is 13.3. The quantitative estimate of drug-likeness (QED) is 0.908. The van der Waals surface area contributed by atoms with Gasteiger partial charge in [0.25, 0.3) is 0 Å². The summed E-state index contributed by atoms with van der Waals surface area (Å²) in [6.07, 6.45) is 1.60. The number of ether oxygens (including phenoxy) is 1. The molecule has 0 saturated carbocycles. The van der Waals surface area contributed by atoms with E-state index in [1.165, 1.54) is 0 Å². The van der Waals surface area contributed by atoms with E-state index in [0.29, 0.717) is 12.3 Å². The summed E-state index contributed by atoms with van der Waals surface area (Å²) in [4.78, 5) is 3.99. The second-order valence-electron chi connectivity index (χ2n) is 4.27. The van der Waals surface area contributed by atoms with Crippen molar-refractivity contribution in [2.24, 2.45) is 5.73 Å². The molecule has 19 heavy (non-hydrogen) atoms. The highest BCUT2D eigenvalue weighted by Gasteiger charge is 2.04. The lowest BCUT2D eigenvalue weighted by Gasteiger charge is -2.09. The molecule has 2 rings (SSSR count). The maximum Gasteiger partial charge on any atom is 0.147 e. The summed E-state index contributed by atoms with van der Waals surface area (Å²) in [5.74, 6) is 0.747. The van der Waals surface area contributed by atoms with Gasteiger partial charge in [0.15, 0.2) is 0 Å². The minimum Gasteiger partial charge on any atom is -0.489 e. The molecule has 2 N–H and O–H groups in total. The molecule has 4 heteroatoms. The fourth-order valence-corrected chi connectivity index (χ4v) is 1.68. The first-order valence-electron chi connectivity index (χ1n) is 6.03. The van der Waals surface area contributed by atoms with Crippen LogP contribution in [-0.4, -0.2) is 4.98 Å². The fraction of sp³-hybridized carbons (Fsp3) is 0.200. The summed E-state index contributed by atoms with van der Waals surface area (Å²) < 4.78 is 5.64. The van der Waals surface area contributed by atoms with E-state index >= 15 is 0 Å². The number of pyridine rings is 1. The van der Waals surface area contributed by atoms with Crippen LogP contribution in [0.3, 0.4) is 0 Å². The molecule has 2 aromatic rings. The van der Waals surface area contributed by atoms with Crippen molar-refractivity contribution in [1.82, 2.24) is 4.98 Å². The molecule has 0 saturated heterocycles. The van der Waals surface area contributed by atoms with Crippen LogP contribution in [-0.2, 0) is 6.61 Å². The predicted octanol–water partition coefficient (Wildman–Crippen LogP) is 2.55. The molecular formula is C15H15N3O. The van der Waals surface area contributed by atoms with Crippen LogP contribution >= 0.6 is 0 Å². The van der Waals surface area contributed by atoms with Gasteiger partial charge in [-0.1, -0.05) is 18.2 Å². The van der Waals surface area contributed by atoms with Gasteiger partial charge in [-0.05, 0) is 30.7 Å². The van der Waals surface area contributed by atoms with Gasteiger partial charge in [0.1, 0.15) is 24.1 Å². The minimum atomic E-state index is 0.0116. The number of hydrogen-bond acceptors (Lipinski definition) is 4. The maximum atomic E-state index is 8.93. The Morgan fingerprint density at radius 1 is 1.32 bits per heavy atom. The lowest BCUT2D eigenvalue weighted by Crippen LogP contribution is -2.04. The monoisotopic (exact) mass is 253 g/mol. The lowest BCUT2D eigenvalue weighted by atomic mass is 10.1. The van der Waals surface area contributed by atoms with Gasteiger partial charge in [-0.3, -0.25) is 0 Å². The maximum absolute atomic E-state index is 8.93. The van der Waals surface area contributed by atoms with Crippen LogP contribution in [0.5, 0.6) is 5.75 Å². The summed E-state index contributed by atoms with van der Waals surface area (Å²) in [6.45, 7) is 2.26. The van der Waals surface area contributed by atoms with Gasteiger partial charge in [-0.15, -0.1) is 0 Å². The van der Waals surface area contributed by atoms with Crippen LogP contribution in [0.2, 0.25) is 0 Å². The Balaban J connectivity index is 2.04. The van der Waals surface area contributed by atoms with E-state index < -0.39 is 0 Å². The van der Waals surface area contributed by atoms with E-state index in [-0.39, 0.29) is 6.04 Å². The number of nitrogens with zero attached hydrogens (tertiary/aromatic N) is 2. The standard InChI is InChI=1S/C15H15N3O/c1-11(17)12-4-6-14(7-5-12)19-10-13-3-2-8-18-15(13)9-16/h2-8,11H,10,17H2,1H3/t11-/m0/s1. The third-order valence-electron chi connectivity index (χ3n) is 2.80. The van der Waals surface area contributed by atoms with Crippen molar-refractivity contribution < 1.29 is 4.74 Å². The molecule has 4 nitrogen and oxygen atoms in total. The average Bonchev–Trinajstić information content (AvgIpc) is 2.45. The Kier molecular flexibility index (Phi) is 4.11. The normalized spacial score (nSPS) is 11.6. The summed E-state index contributed by atoms with van der Waals surface area (Å²) in [5.41, 5.74) is 8.02. The van der Waals surface area contributed by atoms with Crippen molar-refractivity contribution in [3.63, 3.8) is 0 Å². The zero-order valence-corrected chi connectivity index (χ0v) is 10.7. The second kappa shape index (κ2) is 5.98. The molecule has 1 heterocycles. The highest BCUT2D eigenvalue weighted by molar-refractivity contribution is 5.32. The van der Waals surface area contributed by atoms with E-state index in [1.54, 1.807) is 12.3 Å². The minimum absolute atomic E-state index is 0.0116. The van der Waals surface area contributed by atoms with Crippen LogP contribution in [0.4, 0.5) is 0 Å². The predicted molar refractivity (Wildman–Crippen MR) is 72.3 cm³/mol. The van der Waals surface area contributed by atoms with Gasteiger partial charge in [0.05, 0.1) is 0 Å². The van der Waals surface area contributed by atoms with Crippen LogP contribution in [0, 0.1) is 11.3 Å². The first-order valence-corrected chi connectivity index (χ1v) is 6.03. The molecule has 1 atom stereocenters. The van der Waals surface area contributed by atoms with Crippen molar-refractivity contribution >= 4 is 0 Å². The zero-order chi connectivity index (χ0) is 13.7. The second-order valence-corrected chi connectivity index (χ2v) is 4.27. The van der Waals surface area contributed by atoms with Crippen LogP contribution in [0.15, 0.2) is 42.6 Å². The molecule has 1 aromatic carbocycles. The molecule has 0 fully saturated rings. The Labute approximate surface area is 112 Å². The summed E-state index contributed by atoms with van der Waals surface area (Å²) in [5, 5.41) is 8.93. The number of benzene rings is 1. The fourth-order valence-electron chi connectivity index (χ4n) is 1.68. The van der Waals surface area contributed by atoms with Gasteiger partial charge in [0.2, 0.25) is 0 Å². The molecule has 0 aliphatic heterocycles. The molecule has 0 spiro atoms. The first-order chi connectivity index (χ1) is 9.20. The topological polar surface area (TPSA) is 71.9 Å². The van der Waals surface area contributed by atoms with Crippen molar-refractivity contribution in [1.29, 1.82) is 5.26 Å². The Bertz CT molecular complexity index is 585. The Morgan fingerprint density at radius 3 is 2.68 bits per heavy atom. The number of hydrogen-bond donors (Lipinski definition) is 1. The van der Waals surface area contributed by atoms with Crippen molar-refractivity contribution in [2.75, 3.05) is 0 Å². The van der Waals surface area contributed by atoms with Crippen LogP contribution in [0.25, 0.3) is 0 Å². The van der Waals surface area contributed by atoms with E-state index in [0.717, 1.165) is 16.9 Å². The molecule has 0 aliphatic rings. The molecule has 1 aromatic heterocycles. The molecule has 0 radical (unpaired) electrons. The van der Waals surface area contributed by atoms with Crippen molar-refractivity contribution in [3.05, 3.63) is 59.4 Å². The van der Waals surface area contributed by atoms with Crippen molar-refractivity contribution in [2.45, 2.75) is 19.6 Å². The van der Waals surface area contributed by atoms with E-state index in [2.05, 4.69) is 4.98 Å².